The maximum absolute atomic E-state index is 11.9. The maximum atomic E-state index is 11.9. The summed E-state index contributed by atoms with van der Waals surface area (Å²) in [6.45, 7) is 6.65. The molecule has 0 atom stereocenters. The van der Waals surface area contributed by atoms with Gasteiger partial charge in [-0.1, -0.05) is 11.3 Å². The van der Waals surface area contributed by atoms with E-state index in [2.05, 4.69) is 15.5 Å². The third-order valence-corrected chi connectivity index (χ3v) is 2.88. The van der Waals surface area contributed by atoms with Crippen molar-refractivity contribution in [3.8, 4) is 5.19 Å². The summed E-state index contributed by atoms with van der Waals surface area (Å²) in [6, 6.07) is 0. The lowest BCUT2D eigenvalue weighted by atomic mass is 10.1. The number of ether oxygens (including phenoxy) is 1. The van der Waals surface area contributed by atoms with Crippen LogP contribution in [-0.2, 0) is 6.54 Å². The highest BCUT2D eigenvalue weighted by Crippen LogP contribution is 2.22. The molecule has 0 radical (unpaired) electrons. The zero-order chi connectivity index (χ0) is 14.5. The summed E-state index contributed by atoms with van der Waals surface area (Å²) < 4.78 is 40.9. The number of aromatic nitrogens is 2. The van der Waals surface area contributed by atoms with E-state index in [1.807, 2.05) is 20.8 Å². The van der Waals surface area contributed by atoms with E-state index in [1.54, 1.807) is 0 Å². The van der Waals surface area contributed by atoms with Crippen molar-refractivity contribution in [3.05, 3.63) is 5.01 Å². The van der Waals surface area contributed by atoms with E-state index in [-0.39, 0.29) is 18.6 Å². The van der Waals surface area contributed by atoms with Crippen molar-refractivity contribution in [3.63, 3.8) is 0 Å². The van der Waals surface area contributed by atoms with Crippen LogP contribution >= 0.6 is 11.3 Å². The van der Waals surface area contributed by atoms with Crippen LogP contribution in [-0.4, -0.2) is 28.5 Å². The smallest absolute Gasteiger partial charge is 0.389 e. The first-order valence-electron chi connectivity index (χ1n) is 5.93. The van der Waals surface area contributed by atoms with Crippen molar-refractivity contribution >= 4 is 11.3 Å². The molecule has 0 saturated heterocycles. The highest BCUT2D eigenvalue weighted by Gasteiger charge is 2.26. The van der Waals surface area contributed by atoms with Gasteiger partial charge >= 0.3 is 6.18 Å². The molecule has 0 unspecified atom stereocenters. The summed E-state index contributed by atoms with van der Waals surface area (Å²) in [5, 5.41) is 12.0. The van der Waals surface area contributed by atoms with Gasteiger partial charge in [-0.3, -0.25) is 0 Å². The standard InChI is InChI=1S/C11H18F3N3OS/c1-10(2,3)15-7-8-16-17-9(19-8)18-6-4-5-11(12,13)14/h15H,4-7H2,1-3H3. The molecule has 110 valence electrons. The van der Waals surface area contributed by atoms with Crippen molar-refractivity contribution in [1.29, 1.82) is 0 Å². The van der Waals surface area contributed by atoms with Crippen molar-refractivity contribution < 1.29 is 17.9 Å². The van der Waals surface area contributed by atoms with Crippen molar-refractivity contribution in [2.24, 2.45) is 0 Å². The van der Waals surface area contributed by atoms with Gasteiger partial charge in [-0.25, -0.2) is 0 Å². The van der Waals surface area contributed by atoms with E-state index in [0.29, 0.717) is 11.7 Å². The van der Waals surface area contributed by atoms with Crippen molar-refractivity contribution in [2.75, 3.05) is 6.61 Å². The summed E-state index contributed by atoms with van der Waals surface area (Å²) in [6.07, 6.45) is -5.05. The Bertz CT molecular complexity index is 387. The largest absolute Gasteiger partial charge is 0.469 e. The number of hydrogen-bond donors (Lipinski definition) is 1. The van der Waals surface area contributed by atoms with Crippen LogP contribution in [0.3, 0.4) is 0 Å². The van der Waals surface area contributed by atoms with Crippen molar-refractivity contribution in [2.45, 2.75) is 51.9 Å². The van der Waals surface area contributed by atoms with Crippen LogP contribution in [0.5, 0.6) is 5.19 Å². The van der Waals surface area contributed by atoms with Crippen LogP contribution in [0.2, 0.25) is 0 Å². The van der Waals surface area contributed by atoms with Gasteiger partial charge in [0.15, 0.2) is 0 Å². The van der Waals surface area contributed by atoms with E-state index in [4.69, 9.17) is 4.74 Å². The van der Waals surface area contributed by atoms with Crippen LogP contribution in [0.25, 0.3) is 0 Å². The molecule has 1 heterocycles. The Kier molecular flexibility index (Phi) is 5.54. The Hall–Kier alpha value is -0.890. The van der Waals surface area contributed by atoms with Gasteiger partial charge in [0.05, 0.1) is 13.2 Å². The van der Waals surface area contributed by atoms with Crippen LogP contribution in [0.1, 0.15) is 38.6 Å². The first kappa shape index (κ1) is 16.2. The Balaban J connectivity index is 2.27. The molecule has 0 aliphatic rings. The molecule has 0 fully saturated rings. The molecule has 0 amide bonds. The SMILES string of the molecule is CC(C)(C)NCc1nnc(OCCCC(F)(F)F)s1. The molecule has 0 aliphatic carbocycles. The second-order valence-corrected chi connectivity index (χ2v) is 6.16. The second-order valence-electron chi connectivity index (χ2n) is 5.13. The van der Waals surface area contributed by atoms with E-state index < -0.39 is 12.6 Å². The normalized spacial score (nSPS) is 12.7. The molecule has 19 heavy (non-hydrogen) atoms. The minimum absolute atomic E-state index is 0.000836. The van der Waals surface area contributed by atoms with Crippen LogP contribution in [0.15, 0.2) is 0 Å². The maximum Gasteiger partial charge on any atom is 0.389 e. The summed E-state index contributed by atoms with van der Waals surface area (Å²) >= 11 is 1.24. The third-order valence-electron chi connectivity index (χ3n) is 2.05. The molecule has 0 saturated carbocycles. The number of nitrogens with zero attached hydrogens (tertiary/aromatic N) is 2. The average molecular weight is 297 g/mol. The predicted octanol–water partition coefficient (Wildman–Crippen LogP) is 3.15. The molecule has 1 rings (SSSR count). The number of hydrogen-bond acceptors (Lipinski definition) is 5. The molecule has 4 nitrogen and oxygen atoms in total. The molecule has 0 aromatic carbocycles. The van der Waals surface area contributed by atoms with Gasteiger partial charge in [-0.15, -0.1) is 10.2 Å². The highest BCUT2D eigenvalue weighted by atomic mass is 32.1. The van der Waals surface area contributed by atoms with E-state index >= 15 is 0 Å². The molecule has 0 aliphatic heterocycles. The lowest BCUT2D eigenvalue weighted by Gasteiger charge is -2.19. The quantitative estimate of drug-likeness (QED) is 0.819. The number of rotatable bonds is 6. The molecular formula is C11H18F3N3OS. The molecule has 8 heteroatoms. The predicted molar refractivity (Wildman–Crippen MR) is 67.3 cm³/mol. The molecule has 0 bridgehead atoms. The van der Waals surface area contributed by atoms with Crippen LogP contribution < -0.4 is 10.1 Å². The van der Waals surface area contributed by atoms with Crippen LogP contribution in [0, 0.1) is 0 Å². The van der Waals surface area contributed by atoms with E-state index in [9.17, 15) is 13.2 Å². The molecular weight excluding hydrogens is 279 g/mol. The fraction of sp³-hybridized carbons (Fsp3) is 0.818. The highest BCUT2D eigenvalue weighted by molar-refractivity contribution is 7.13. The van der Waals surface area contributed by atoms with Crippen molar-refractivity contribution in [1.82, 2.24) is 15.5 Å². The van der Waals surface area contributed by atoms with Gasteiger partial charge in [0.2, 0.25) is 0 Å². The molecule has 1 aromatic heterocycles. The van der Waals surface area contributed by atoms with Gasteiger partial charge in [0.25, 0.3) is 5.19 Å². The zero-order valence-electron chi connectivity index (χ0n) is 11.2. The third kappa shape index (κ3) is 7.99. The van der Waals surface area contributed by atoms with E-state index in [0.717, 1.165) is 5.01 Å². The number of nitrogens with one attached hydrogen (secondary N) is 1. The summed E-state index contributed by atoms with van der Waals surface area (Å²) in [5.74, 6) is 0. The van der Waals surface area contributed by atoms with E-state index in [1.165, 1.54) is 11.3 Å². The molecule has 0 spiro atoms. The molecule has 1 aromatic rings. The van der Waals surface area contributed by atoms with Gasteiger partial charge in [0.1, 0.15) is 5.01 Å². The summed E-state index contributed by atoms with van der Waals surface area (Å²) in [5.41, 5.74) is -0.0284. The van der Waals surface area contributed by atoms with Gasteiger partial charge < -0.3 is 10.1 Å². The Morgan fingerprint density at radius 3 is 2.47 bits per heavy atom. The lowest BCUT2D eigenvalue weighted by Crippen LogP contribution is -2.35. The minimum atomic E-state index is -4.13. The fourth-order valence-corrected chi connectivity index (χ4v) is 1.79. The first-order valence-corrected chi connectivity index (χ1v) is 6.74. The Morgan fingerprint density at radius 2 is 1.89 bits per heavy atom. The number of halogens is 3. The second kappa shape index (κ2) is 6.51. The summed E-state index contributed by atoms with van der Waals surface area (Å²) in [7, 11) is 0. The van der Waals surface area contributed by atoms with Gasteiger partial charge in [0, 0.05) is 12.0 Å². The minimum Gasteiger partial charge on any atom is -0.469 e. The Labute approximate surface area is 114 Å². The zero-order valence-corrected chi connectivity index (χ0v) is 12.0. The summed E-state index contributed by atoms with van der Waals surface area (Å²) in [4.78, 5) is 0. The lowest BCUT2D eigenvalue weighted by molar-refractivity contribution is -0.136. The fourth-order valence-electron chi connectivity index (χ4n) is 1.14. The molecule has 1 N–H and O–H groups in total. The monoisotopic (exact) mass is 297 g/mol. The number of alkyl halides is 3. The first-order chi connectivity index (χ1) is 8.66. The van der Waals surface area contributed by atoms with Gasteiger partial charge in [-0.05, 0) is 27.2 Å². The van der Waals surface area contributed by atoms with Gasteiger partial charge in [-0.2, -0.15) is 13.2 Å². The topological polar surface area (TPSA) is 47.0 Å². The Morgan fingerprint density at radius 1 is 1.21 bits per heavy atom. The average Bonchev–Trinajstić information content (AvgIpc) is 2.67. The van der Waals surface area contributed by atoms with Crippen LogP contribution in [0.4, 0.5) is 13.2 Å².